The van der Waals surface area contributed by atoms with Crippen molar-refractivity contribution < 1.29 is 5.11 Å². The van der Waals surface area contributed by atoms with E-state index in [4.69, 9.17) is 0 Å². The van der Waals surface area contributed by atoms with Gasteiger partial charge in [0.05, 0.1) is 0 Å². The molecule has 16 heavy (non-hydrogen) atoms. The van der Waals surface area contributed by atoms with Crippen LogP contribution < -0.4 is 5.32 Å². The van der Waals surface area contributed by atoms with Gasteiger partial charge in [0.25, 0.3) is 0 Å². The molecule has 0 aliphatic heterocycles. The van der Waals surface area contributed by atoms with Crippen LogP contribution in [0.2, 0.25) is 0 Å². The van der Waals surface area contributed by atoms with Crippen LogP contribution in [0.25, 0.3) is 0 Å². The van der Waals surface area contributed by atoms with Gasteiger partial charge in [-0.3, -0.25) is 0 Å². The third-order valence-corrected chi connectivity index (χ3v) is 3.42. The van der Waals surface area contributed by atoms with Gasteiger partial charge in [-0.05, 0) is 37.4 Å². The zero-order chi connectivity index (χ0) is 11.2. The number of phenols is 1. The molecule has 2 N–H and O–H groups in total. The van der Waals surface area contributed by atoms with E-state index in [-0.39, 0.29) is 0 Å². The van der Waals surface area contributed by atoms with Crippen LogP contribution >= 0.6 is 0 Å². The fraction of sp³-hybridized carbons (Fsp3) is 0.571. The van der Waals surface area contributed by atoms with E-state index in [2.05, 4.69) is 5.32 Å². The molecule has 0 heterocycles. The first-order valence-electron chi connectivity index (χ1n) is 6.36. The van der Waals surface area contributed by atoms with Crippen molar-refractivity contribution in [3.63, 3.8) is 0 Å². The second-order valence-corrected chi connectivity index (χ2v) is 4.67. The molecule has 1 aromatic carbocycles. The van der Waals surface area contributed by atoms with E-state index in [0.717, 1.165) is 18.5 Å². The van der Waals surface area contributed by atoms with Crippen molar-refractivity contribution in [2.75, 3.05) is 6.54 Å². The van der Waals surface area contributed by atoms with E-state index in [9.17, 15) is 5.11 Å². The number of benzene rings is 1. The summed E-state index contributed by atoms with van der Waals surface area (Å²) in [5.41, 5.74) is 1.05. The summed E-state index contributed by atoms with van der Waals surface area (Å²) in [7, 11) is 0. The Bertz CT molecular complexity index is 318. The van der Waals surface area contributed by atoms with Gasteiger partial charge in [-0.25, -0.2) is 0 Å². The highest BCUT2D eigenvalue weighted by Crippen LogP contribution is 2.18. The maximum atomic E-state index is 9.62. The van der Waals surface area contributed by atoms with E-state index in [1.54, 1.807) is 6.07 Å². The van der Waals surface area contributed by atoms with Crippen LogP contribution in [0.5, 0.6) is 5.75 Å². The molecule has 0 spiro atoms. The standard InChI is InChI=1S/C14H21NO/c16-14-9-5-4-6-12(14)10-11-15-13-7-2-1-3-8-13/h4-6,9,13,15-16H,1-3,7-8,10-11H2. The highest BCUT2D eigenvalue weighted by Gasteiger charge is 2.12. The number of nitrogens with one attached hydrogen (secondary N) is 1. The molecule has 1 fully saturated rings. The smallest absolute Gasteiger partial charge is 0.118 e. The molecule has 0 bridgehead atoms. The number of phenolic OH excluding ortho intramolecular Hbond substituents is 1. The third kappa shape index (κ3) is 3.24. The molecule has 1 aliphatic carbocycles. The molecule has 1 aromatic rings. The van der Waals surface area contributed by atoms with Crippen LogP contribution in [0.4, 0.5) is 0 Å². The summed E-state index contributed by atoms with van der Waals surface area (Å²) >= 11 is 0. The highest BCUT2D eigenvalue weighted by atomic mass is 16.3. The van der Waals surface area contributed by atoms with Crippen molar-refractivity contribution >= 4 is 0 Å². The Morgan fingerprint density at radius 1 is 1.12 bits per heavy atom. The summed E-state index contributed by atoms with van der Waals surface area (Å²) in [4.78, 5) is 0. The Morgan fingerprint density at radius 3 is 2.62 bits per heavy atom. The largest absolute Gasteiger partial charge is 0.508 e. The maximum absolute atomic E-state index is 9.62. The van der Waals surface area contributed by atoms with Crippen LogP contribution in [0.3, 0.4) is 0 Å². The Kier molecular flexibility index (Phi) is 4.23. The van der Waals surface area contributed by atoms with Crippen LogP contribution in [0, 0.1) is 0 Å². The zero-order valence-corrected chi connectivity index (χ0v) is 9.78. The van der Waals surface area contributed by atoms with E-state index in [0.29, 0.717) is 11.8 Å². The number of rotatable bonds is 4. The predicted octanol–water partition coefficient (Wildman–Crippen LogP) is 2.86. The first kappa shape index (κ1) is 11.5. The van der Waals surface area contributed by atoms with Crippen molar-refractivity contribution in [1.82, 2.24) is 5.32 Å². The van der Waals surface area contributed by atoms with Gasteiger partial charge >= 0.3 is 0 Å². The number of aromatic hydroxyl groups is 1. The lowest BCUT2D eigenvalue weighted by Gasteiger charge is -2.22. The maximum Gasteiger partial charge on any atom is 0.118 e. The Hall–Kier alpha value is -1.02. The van der Waals surface area contributed by atoms with E-state index >= 15 is 0 Å². The first-order valence-corrected chi connectivity index (χ1v) is 6.36. The molecule has 2 heteroatoms. The van der Waals surface area contributed by atoms with Crippen molar-refractivity contribution in [3.8, 4) is 5.75 Å². The average molecular weight is 219 g/mol. The van der Waals surface area contributed by atoms with Crippen molar-refractivity contribution in [1.29, 1.82) is 0 Å². The topological polar surface area (TPSA) is 32.3 Å². The lowest BCUT2D eigenvalue weighted by Crippen LogP contribution is -2.32. The van der Waals surface area contributed by atoms with Crippen LogP contribution in [-0.2, 0) is 6.42 Å². The lowest BCUT2D eigenvalue weighted by molar-refractivity contribution is 0.374. The average Bonchev–Trinajstić information content (AvgIpc) is 2.33. The fourth-order valence-electron chi connectivity index (χ4n) is 2.44. The van der Waals surface area contributed by atoms with Gasteiger partial charge in [-0.15, -0.1) is 0 Å². The zero-order valence-electron chi connectivity index (χ0n) is 9.78. The fourth-order valence-corrected chi connectivity index (χ4v) is 2.44. The van der Waals surface area contributed by atoms with Crippen LogP contribution in [0.1, 0.15) is 37.7 Å². The van der Waals surface area contributed by atoms with Gasteiger partial charge in [0.2, 0.25) is 0 Å². The molecule has 2 rings (SSSR count). The van der Waals surface area contributed by atoms with Crippen molar-refractivity contribution in [2.24, 2.45) is 0 Å². The summed E-state index contributed by atoms with van der Waals surface area (Å²) in [6.45, 7) is 0.974. The van der Waals surface area contributed by atoms with E-state index in [1.165, 1.54) is 32.1 Å². The lowest BCUT2D eigenvalue weighted by atomic mass is 9.95. The molecular weight excluding hydrogens is 198 g/mol. The number of hydrogen-bond acceptors (Lipinski definition) is 2. The van der Waals surface area contributed by atoms with Gasteiger partial charge in [-0.1, -0.05) is 37.5 Å². The molecule has 0 atom stereocenters. The quantitative estimate of drug-likeness (QED) is 0.816. The molecular formula is C14H21NO. The van der Waals surface area contributed by atoms with Crippen molar-refractivity contribution in [2.45, 2.75) is 44.6 Å². The summed E-state index contributed by atoms with van der Waals surface area (Å²) in [6, 6.07) is 8.32. The molecule has 1 aliphatic rings. The Labute approximate surface area is 97.7 Å². The van der Waals surface area contributed by atoms with Crippen LogP contribution in [0.15, 0.2) is 24.3 Å². The van der Waals surface area contributed by atoms with Gasteiger partial charge in [0.1, 0.15) is 5.75 Å². The van der Waals surface area contributed by atoms with Gasteiger partial charge in [0.15, 0.2) is 0 Å². The molecule has 0 radical (unpaired) electrons. The monoisotopic (exact) mass is 219 g/mol. The molecule has 88 valence electrons. The highest BCUT2D eigenvalue weighted by molar-refractivity contribution is 5.31. The second-order valence-electron chi connectivity index (χ2n) is 4.67. The Balaban J connectivity index is 1.73. The first-order chi connectivity index (χ1) is 7.86. The third-order valence-electron chi connectivity index (χ3n) is 3.42. The molecule has 2 nitrogen and oxygen atoms in total. The SMILES string of the molecule is Oc1ccccc1CCNC1CCCCC1. The summed E-state index contributed by atoms with van der Waals surface area (Å²) in [6.07, 6.45) is 7.70. The number of para-hydroxylation sites is 1. The molecule has 0 aromatic heterocycles. The summed E-state index contributed by atoms with van der Waals surface area (Å²) < 4.78 is 0. The van der Waals surface area contributed by atoms with Gasteiger partial charge in [-0.2, -0.15) is 0 Å². The minimum Gasteiger partial charge on any atom is -0.508 e. The summed E-state index contributed by atoms with van der Waals surface area (Å²) in [5.74, 6) is 0.424. The number of hydrogen-bond donors (Lipinski definition) is 2. The molecule has 0 amide bonds. The normalized spacial score (nSPS) is 17.5. The molecule has 0 saturated heterocycles. The minimum atomic E-state index is 0.424. The van der Waals surface area contributed by atoms with E-state index < -0.39 is 0 Å². The van der Waals surface area contributed by atoms with E-state index in [1.807, 2.05) is 18.2 Å². The minimum absolute atomic E-state index is 0.424. The van der Waals surface area contributed by atoms with Gasteiger partial charge < -0.3 is 10.4 Å². The van der Waals surface area contributed by atoms with Crippen molar-refractivity contribution in [3.05, 3.63) is 29.8 Å². The molecule has 1 saturated carbocycles. The van der Waals surface area contributed by atoms with Gasteiger partial charge in [0, 0.05) is 6.04 Å². The molecule has 0 unspecified atom stereocenters. The summed E-state index contributed by atoms with van der Waals surface area (Å²) in [5, 5.41) is 13.2. The second kappa shape index (κ2) is 5.90. The Morgan fingerprint density at radius 2 is 1.88 bits per heavy atom. The predicted molar refractivity (Wildman–Crippen MR) is 66.7 cm³/mol. The van der Waals surface area contributed by atoms with Crippen LogP contribution in [-0.4, -0.2) is 17.7 Å².